The Balaban J connectivity index is 1.87. The van der Waals surface area contributed by atoms with E-state index in [-0.39, 0.29) is 5.69 Å². The standard InChI is InChI=1S/C25H18ClN3O2/c1-17-23(14-20(15-27)18-8-6-9-21(13-18)29(30)31)22-10-3-5-12-25(22)28(17)16-19-7-2-4-11-24(19)26/h2-14H,16H2,1H3. The molecule has 1 heterocycles. The van der Waals surface area contributed by atoms with Crippen LogP contribution in [-0.2, 0) is 6.54 Å². The smallest absolute Gasteiger partial charge is 0.270 e. The van der Waals surface area contributed by atoms with Gasteiger partial charge in [0.25, 0.3) is 5.69 Å². The quantitative estimate of drug-likeness (QED) is 0.204. The molecule has 4 rings (SSSR count). The Labute approximate surface area is 184 Å². The lowest BCUT2D eigenvalue weighted by Crippen LogP contribution is -2.02. The molecule has 31 heavy (non-hydrogen) atoms. The van der Waals surface area contributed by atoms with Crippen molar-refractivity contribution in [2.24, 2.45) is 0 Å². The molecular weight excluding hydrogens is 410 g/mol. The van der Waals surface area contributed by atoms with E-state index in [1.807, 2.05) is 55.5 Å². The van der Waals surface area contributed by atoms with Gasteiger partial charge in [0, 0.05) is 45.9 Å². The van der Waals surface area contributed by atoms with Crippen LogP contribution in [0.1, 0.15) is 22.4 Å². The predicted octanol–water partition coefficient (Wildman–Crippen LogP) is 6.62. The first-order valence-corrected chi connectivity index (χ1v) is 10.0. The molecule has 0 spiro atoms. The van der Waals surface area contributed by atoms with Crippen molar-refractivity contribution >= 4 is 39.8 Å². The van der Waals surface area contributed by atoms with Crippen LogP contribution in [-0.4, -0.2) is 9.49 Å². The van der Waals surface area contributed by atoms with E-state index in [1.54, 1.807) is 18.2 Å². The van der Waals surface area contributed by atoms with Gasteiger partial charge in [-0.2, -0.15) is 5.26 Å². The molecule has 0 saturated heterocycles. The zero-order valence-electron chi connectivity index (χ0n) is 16.7. The summed E-state index contributed by atoms with van der Waals surface area (Å²) < 4.78 is 2.17. The number of non-ortho nitro benzene ring substituents is 1. The van der Waals surface area contributed by atoms with Crippen LogP contribution in [0.2, 0.25) is 5.02 Å². The van der Waals surface area contributed by atoms with Gasteiger partial charge in [0.05, 0.1) is 16.6 Å². The van der Waals surface area contributed by atoms with Crippen molar-refractivity contribution < 1.29 is 4.92 Å². The number of fused-ring (bicyclic) bond motifs is 1. The zero-order chi connectivity index (χ0) is 22.0. The van der Waals surface area contributed by atoms with E-state index >= 15 is 0 Å². The molecular formula is C25H18ClN3O2. The third kappa shape index (κ3) is 3.94. The molecule has 0 bridgehead atoms. The van der Waals surface area contributed by atoms with Gasteiger partial charge in [-0.15, -0.1) is 0 Å². The average Bonchev–Trinajstić information content (AvgIpc) is 3.04. The van der Waals surface area contributed by atoms with Crippen LogP contribution >= 0.6 is 11.6 Å². The summed E-state index contributed by atoms with van der Waals surface area (Å²) in [6, 6.07) is 24.0. The molecule has 0 aliphatic heterocycles. The lowest BCUT2D eigenvalue weighted by atomic mass is 10.0. The number of rotatable bonds is 5. The SMILES string of the molecule is Cc1c(C=C(C#N)c2cccc([N+](=O)[O-])c2)c2ccccc2n1Cc1ccccc1Cl. The number of nitriles is 1. The molecule has 152 valence electrons. The van der Waals surface area contributed by atoms with Crippen LogP contribution < -0.4 is 0 Å². The molecule has 0 aliphatic carbocycles. The molecule has 0 saturated carbocycles. The minimum Gasteiger partial charge on any atom is -0.340 e. The van der Waals surface area contributed by atoms with E-state index in [4.69, 9.17) is 11.6 Å². The highest BCUT2D eigenvalue weighted by atomic mass is 35.5. The van der Waals surface area contributed by atoms with Crippen LogP contribution in [0.4, 0.5) is 5.69 Å². The number of halogens is 1. The third-order valence-corrected chi connectivity index (χ3v) is 5.71. The maximum absolute atomic E-state index is 11.1. The van der Waals surface area contributed by atoms with Gasteiger partial charge in [0.1, 0.15) is 0 Å². The third-order valence-electron chi connectivity index (χ3n) is 5.34. The molecule has 0 fully saturated rings. The Hall–Kier alpha value is -3.88. The number of hydrogen-bond donors (Lipinski definition) is 0. The Morgan fingerprint density at radius 1 is 1.13 bits per heavy atom. The van der Waals surface area contributed by atoms with Crippen LogP contribution in [0, 0.1) is 28.4 Å². The van der Waals surface area contributed by atoms with Crippen molar-refractivity contribution in [3.63, 3.8) is 0 Å². The van der Waals surface area contributed by atoms with Gasteiger partial charge >= 0.3 is 0 Å². The molecule has 0 amide bonds. The Bertz CT molecular complexity index is 1380. The van der Waals surface area contributed by atoms with Gasteiger partial charge < -0.3 is 4.57 Å². The summed E-state index contributed by atoms with van der Waals surface area (Å²) in [6.07, 6.45) is 1.81. The first-order chi connectivity index (χ1) is 15.0. The van der Waals surface area contributed by atoms with E-state index in [2.05, 4.69) is 10.6 Å². The van der Waals surface area contributed by atoms with Crippen molar-refractivity contribution in [1.82, 2.24) is 4.57 Å². The maximum Gasteiger partial charge on any atom is 0.270 e. The lowest BCUT2D eigenvalue weighted by molar-refractivity contribution is -0.384. The van der Waals surface area contributed by atoms with Crippen molar-refractivity contribution in [2.45, 2.75) is 13.5 Å². The molecule has 0 aliphatic rings. The summed E-state index contributed by atoms with van der Waals surface area (Å²) in [5.41, 5.74) is 4.76. The molecule has 5 nitrogen and oxygen atoms in total. The minimum atomic E-state index is -0.459. The number of hydrogen-bond acceptors (Lipinski definition) is 3. The summed E-state index contributed by atoms with van der Waals surface area (Å²) in [7, 11) is 0. The van der Waals surface area contributed by atoms with Gasteiger partial charge in [-0.05, 0) is 36.3 Å². The Kier molecular flexibility index (Phi) is 5.57. The van der Waals surface area contributed by atoms with Crippen LogP contribution in [0.5, 0.6) is 0 Å². The lowest BCUT2D eigenvalue weighted by Gasteiger charge is -2.10. The molecule has 4 aromatic rings. The van der Waals surface area contributed by atoms with Crippen molar-refractivity contribution in [3.05, 3.63) is 110 Å². The Morgan fingerprint density at radius 2 is 1.87 bits per heavy atom. The van der Waals surface area contributed by atoms with Gasteiger partial charge in [0.2, 0.25) is 0 Å². The summed E-state index contributed by atoms with van der Waals surface area (Å²) in [4.78, 5) is 10.7. The highest BCUT2D eigenvalue weighted by molar-refractivity contribution is 6.31. The number of allylic oxidation sites excluding steroid dienone is 1. The minimum absolute atomic E-state index is 0.0449. The molecule has 0 unspecified atom stereocenters. The number of benzene rings is 3. The van der Waals surface area contributed by atoms with Gasteiger partial charge in [-0.1, -0.05) is 60.1 Å². The molecule has 0 atom stereocenters. The van der Waals surface area contributed by atoms with Crippen LogP contribution in [0.15, 0.2) is 72.8 Å². The summed E-state index contributed by atoms with van der Waals surface area (Å²) in [5.74, 6) is 0. The first-order valence-electron chi connectivity index (χ1n) is 9.67. The number of para-hydroxylation sites is 1. The van der Waals surface area contributed by atoms with Gasteiger partial charge in [0.15, 0.2) is 0 Å². The second-order valence-corrected chi connectivity index (χ2v) is 7.58. The largest absolute Gasteiger partial charge is 0.340 e. The fourth-order valence-electron chi connectivity index (χ4n) is 3.75. The monoisotopic (exact) mass is 427 g/mol. The fraction of sp³-hybridized carbons (Fsp3) is 0.0800. The van der Waals surface area contributed by atoms with Crippen LogP contribution in [0.25, 0.3) is 22.6 Å². The number of nitrogens with zero attached hydrogens (tertiary/aromatic N) is 3. The number of nitro groups is 1. The first kappa shape index (κ1) is 20.4. The van der Waals surface area contributed by atoms with Crippen LogP contribution in [0.3, 0.4) is 0 Å². The molecule has 1 aromatic heterocycles. The fourth-order valence-corrected chi connectivity index (χ4v) is 3.95. The maximum atomic E-state index is 11.1. The molecule has 0 radical (unpaired) electrons. The summed E-state index contributed by atoms with van der Waals surface area (Å²) in [5, 5.41) is 22.6. The predicted molar refractivity (Wildman–Crippen MR) is 124 cm³/mol. The summed E-state index contributed by atoms with van der Waals surface area (Å²) in [6.45, 7) is 2.60. The zero-order valence-corrected chi connectivity index (χ0v) is 17.5. The van der Waals surface area contributed by atoms with E-state index in [1.165, 1.54) is 12.1 Å². The van der Waals surface area contributed by atoms with Gasteiger partial charge in [-0.3, -0.25) is 10.1 Å². The number of nitro benzene ring substituents is 1. The molecule has 0 N–H and O–H groups in total. The van der Waals surface area contributed by atoms with Crippen molar-refractivity contribution in [3.8, 4) is 6.07 Å². The van der Waals surface area contributed by atoms with E-state index < -0.39 is 4.92 Å². The summed E-state index contributed by atoms with van der Waals surface area (Å²) >= 11 is 6.39. The van der Waals surface area contributed by atoms with Crippen molar-refractivity contribution in [2.75, 3.05) is 0 Å². The van der Waals surface area contributed by atoms with E-state index in [9.17, 15) is 15.4 Å². The second kappa shape index (κ2) is 8.47. The highest BCUT2D eigenvalue weighted by Gasteiger charge is 2.15. The van der Waals surface area contributed by atoms with E-state index in [0.717, 1.165) is 27.7 Å². The topological polar surface area (TPSA) is 71.9 Å². The van der Waals surface area contributed by atoms with Crippen molar-refractivity contribution in [1.29, 1.82) is 5.26 Å². The highest BCUT2D eigenvalue weighted by Crippen LogP contribution is 2.31. The number of aromatic nitrogens is 1. The second-order valence-electron chi connectivity index (χ2n) is 7.17. The molecule has 3 aromatic carbocycles. The average molecular weight is 428 g/mol. The normalized spacial score (nSPS) is 11.5. The molecule has 6 heteroatoms. The van der Waals surface area contributed by atoms with E-state index in [0.29, 0.717) is 22.7 Å². The van der Waals surface area contributed by atoms with Gasteiger partial charge in [-0.25, -0.2) is 0 Å². The Morgan fingerprint density at radius 3 is 2.61 bits per heavy atom.